The van der Waals surface area contributed by atoms with Crippen LogP contribution >= 0.6 is 23.2 Å². The van der Waals surface area contributed by atoms with Crippen molar-refractivity contribution in [2.24, 2.45) is 7.05 Å². The summed E-state index contributed by atoms with van der Waals surface area (Å²) in [5.74, 6) is -0.147. The highest BCUT2D eigenvalue weighted by Crippen LogP contribution is 2.18. The number of carbonyl (C=O) groups is 2. The number of nitrogens with zero attached hydrogens (tertiary/aromatic N) is 2. The third kappa shape index (κ3) is 7.06. The van der Waals surface area contributed by atoms with E-state index in [4.69, 9.17) is 23.2 Å². The molecule has 0 aliphatic carbocycles. The van der Waals surface area contributed by atoms with Crippen LogP contribution in [0.4, 0.5) is 11.4 Å². The molecule has 24 heavy (non-hydrogen) atoms. The SMILES string of the molecule is CC(=O)Nc1ccc(N(C)Cc2cccn2C)cc1.O=C(Cl)CCl. The number of nitrogens with one attached hydrogen (secondary N) is 1. The van der Waals surface area contributed by atoms with E-state index in [1.165, 1.54) is 12.6 Å². The smallest absolute Gasteiger partial charge is 0.236 e. The Morgan fingerprint density at radius 3 is 2.21 bits per heavy atom. The van der Waals surface area contributed by atoms with Gasteiger partial charge in [0.2, 0.25) is 11.1 Å². The van der Waals surface area contributed by atoms with Crippen LogP contribution in [0.1, 0.15) is 12.6 Å². The number of anilines is 2. The Labute approximate surface area is 152 Å². The molecular formula is C17H21Cl2N3O2. The summed E-state index contributed by atoms with van der Waals surface area (Å²) in [6.07, 6.45) is 2.04. The van der Waals surface area contributed by atoms with Crippen molar-refractivity contribution in [3.05, 3.63) is 48.3 Å². The van der Waals surface area contributed by atoms with Gasteiger partial charge in [0.25, 0.3) is 0 Å². The molecule has 0 atom stereocenters. The highest BCUT2D eigenvalue weighted by molar-refractivity contribution is 6.67. The van der Waals surface area contributed by atoms with E-state index < -0.39 is 5.24 Å². The van der Waals surface area contributed by atoms with Gasteiger partial charge in [0.05, 0.1) is 12.4 Å². The Balaban J connectivity index is 0.000000505. The van der Waals surface area contributed by atoms with Gasteiger partial charge in [-0.25, -0.2) is 0 Å². The predicted octanol–water partition coefficient (Wildman–Crippen LogP) is 3.61. The van der Waals surface area contributed by atoms with Crippen molar-refractivity contribution < 1.29 is 9.59 Å². The number of aromatic nitrogens is 1. The van der Waals surface area contributed by atoms with Gasteiger partial charge in [0, 0.05) is 44.3 Å². The van der Waals surface area contributed by atoms with E-state index >= 15 is 0 Å². The normalized spacial score (nSPS) is 9.71. The van der Waals surface area contributed by atoms with E-state index in [2.05, 4.69) is 27.9 Å². The van der Waals surface area contributed by atoms with Gasteiger partial charge in [-0.05, 0) is 48.0 Å². The first kappa shape index (κ1) is 20.1. The summed E-state index contributed by atoms with van der Waals surface area (Å²) in [4.78, 5) is 22.6. The molecule has 0 unspecified atom stereocenters. The summed E-state index contributed by atoms with van der Waals surface area (Å²) in [5.41, 5.74) is 3.20. The number of aryl methyl sites for hydroxylation is 1. The highest BCUT2D eigenvalue weighted by Gasteiger charge is 2.04. The summed E-state index contributed by atoms with van der Waals surface area (Å²) in [6.45, 7) is 2.36. The first-order valence-electron chi connectivity index (χ1n) is 7.26. The molecule has 0 saturated heterocycles. The van der Waals surface area contributed by atoms with Gasteiger partial charge in [-0.15, -0.1) is 11.6 Å². The number of benzene rings is 1. The van der Waals surface area contributed by atoms with Crippen LogP contribution in [0.25, 0.3) is 0 Å². The molecule has 1 aromatic heterocycles. The lowest BCUT2D eigenvalue weighted by molar-refractivity contribution is -0.114. The maximum Gasteiger partial charge on any atom is 0.236 e. The Morgan fingerprint density at radius 2 is 1.79 bits per heavy atom. The van der Waals surface area contributed by atoms with Crippen molar-refractivity contribution >= 4 is 45.7 Å². The number of halogens is 2. The van der Waals surface area contributed by atoms with E-state index in [1.807, 2.05) is 43.6 Å². The minimum atomic E-state index is -0.508. The molecule has 1 amide bonds. The topological polar surface area (TPSA) is 54.3 Å². The van der Waals surface area contributed by atoms with E-state index in [0.717, 1.165) is 17.9 Å². The summed E-state index contributed by atoms with van der Waals surface area (Å²) < 4.78 is 2.11. The first-order valence-corrected chi connectivity index (χ1v) is 8.18. The van der Waals surface area contributed by atoms with Gasteiger partial charge in [-0.2, -0.15) is 0 Å². The third-order valence-electron chi connectivity index (χ3n) is 3.18. The second kappa shape index (κ2) is 10.0. The lowest BCUT2D eigenvalue weighted by Gasteiger charge is -2.20. The number of carbonyl (C=O) groups excluding carboxylic acids is 2. The summed E-state index contributed by atoms with van der Waals surface area (Å²) in [5, 5.41) is 2.26. The molecule has 0 saturated carbocycles. The van der Waals surface area contributed by atoms with Crippen molar-refractivity contribution in [1.82, 2.24) is 4.57 Å². The van der Waals surface area contributed by atoms with E-state index in [9.17, 15) is 9.59 Å². The molecule has 1 N–H and O–H groups in total. The van der Waals surface area contributed by atoms with E-state index in [1.54, 1.807) is 0 Å². The number of alkyl halides is 1. The lowest BCUT2D eigenvalue weighted by Crippen LogP contribution is -2.18. The second-order valence-electron chi connectivity index (χ2n) is 5.18. The molecule has 0 aliphatic heterocycles. The van der Waals surface area contributed by atoms with Crippen LogP contribution in [-0.4, -0.2) is 28.6 Å². The monoisotopic (exact) mass is 369 g/mol. The zero-order valence-electron chi connectivity index (χ0n) is 13.9. The molecule has 0 spiro atoms. The van der Waals surface area contributed by atoms with Crippen molar-refractivity contribution in [3.63, 3.8) is 0 Å². The number of hydrogen-bond acceptors (Lipinski definition) is 3. The molecule has 0 fully saturated rings. The van der Waals surface area contributed by atoms with E-state index in [-0.39, 0.29) is 11.8 Å². The Kier molecular flexibility index (Phi) is 8.36. The van der Waals surface area contributed by atoms with Crippen LogP contribution in [0.3, 0.4) is 0 Å². The predicted molar refractivity (Wildman–Crippen MR) is 99.8 cm³/mol. The highest BCUT2D eigenvalue weighted by atomic mass is 35.5. The summed E-state index contributed by atoms with van der Waals surface area (Å²) in [6, 6.07) is 12.0. The molecule has 5 nitrogen and oxygen atoms in total. The molecular weight excluding hydrogens is 349 g/mol. The zero-order valence-corrected chi connectivity index (χ0v) is 15.4. The lowest BCUT2D eigenvalue weighted by atomic mass is 10.2. The van der Waals surface area contributed by atoms with Gasteiger partial charge >= 0.3 is 0 Å². The fourth-order valence-electron chi connectivity index (χ4n) is 2.00. The molecule has 1 heterocycles. The molecule has 2 aromatic rings. The standard InChI is InChI=1S/C15H19N3O.C2H2Cl2O/c1-12(19)16-13-6-8-14(9-7-13)18(3)11-15-5-4-10-17(15)2;3-1-2(4)5/h4-10H,11H2,1-3H3,(H,16,19);1H2. The number of rotatable bonds is 5. The van der Waals surface area contributed by atoms with Crippen molar-refractivity contribution in [2.45, 2.75) is 13.5 Å². The fraction of sp³-hybridized carbons (Fsp3) is 0.294. The van der Waals surface area contributed by atoms with Crippen molar-refractivity contribution in [2.75, 3.05) is 23.1 Å². The van der Waals surface area contributed by atoms with Gasteiger partial charge < -0.3 is 14.8 Å². The van der Waals surface area contributed by atoms with Crippen LogP contribution in [0, 0.1) is 0 Å². The molecule has 0 aliphatic rings. The maximum absolute atomic E-state index is 11.0. The molecule has 0 radical (unpaired) electrons. The average Bonchev–Trinajstić information content (AvgIpc) is 2.93. The molecule has 7 heteroatoms. The van der Waals surface area contributed by atoms with Crippen LogP contribution in [-0.2, 0) is 23.2 Å². The second-order valence-corrected chi connectivity index (χ2v) is 5.87. The molecule has 130 valence electrons. The number of hydrogen-bond donors (Lipinski definition) is 1. The minimum Gasteiger partial charge on any atom is -0.369 e. The molecule has 2 rings (SSSR count). The third-order valence-corrected chi connectivity index (χ3v) is 3.70. The van der Waals surface area contributed by atoms with E-state index in [0.29, 0.717) is 0 Å². The fourth-order valence-corrected chi connectivity index (χ4v) is 2.00. The Bertz CT molecular complexity index is 669. The largest absolute Gasteiger partial charge is 0.369 e. The van der Waals surface area contributed by atoms with Crippen LogP contribution in [0.2, 0.25) is 0 Å². The van der Waals surface area contributed by atoms with Crippen molar-refractivity contribution in [3.8, 4) is 0 Å². The molecule has 1 aromatic carbocycles. The summed E-state index contributed by atoms with van der Waals surface area (Å²) >= 11 is 9.55. The van der Waals surface area contributed by atoms with Gasteiger partial charge in [0.1, 0.15) is 0 Å². The number of amides is 1. The van der Waals surface area contributed by atoms with Gasteiger partial charge in [-0.1, -0.05) is 0 Å². The molecule has 0 bridgehead atoms. The maximum atomic E-state index is 11.0. The summed E-state index contributed by atoms with van der Waals surface area (Å²) in [7, 11) is 4.10. The van der Waals surface area contributed by atoms with Gasteiger partial charge in [0.15, 0.2) is 0 Å². The Hall–Kier alpha value is -1.98. The average molecular weight is 370 g/mol. The first-order chi connectivity index (χ1) is 11.3. The minimum absolute atomic E-state index is 0.0510. The van der Waals surface area contributed by atoms with Crippen molar-refractivity contribution in [1.29, 1.82) is 0 Å². The zero-order chi connectivity index (χ0) is 18.1. The van der Waals surface area contributed by atoms with Gasteiger partial charge in [-0.3, -0.25) is 9.59 Å². The quantitative estimate of drug-likeness (QED) is 0.646. The Morgan fingerprint density at radius 1 is 1.21 bits per heavy atom. The van der Waals surface area contributed by atoms with Crippen LogP contribution in [0.15, 0.2) is 42.6 Å². The van der Waals surface area contributed by atoms with Crippen LogP contribution in [0.5, 0.6) is 0 Å². The van der Waals surface area contributed by atoms with Crippen LogP contribution < -0.4 is 10.2 Å².